The van der Waals surface area contributed by atoms with Crippen molar-refractivity contribution in [3.63, 3.8) is 0 Å². The molecule has 0 amide bonds. The lowest BCUT2D eigenvalue weighted by atomic mass is 9.45. The summed E-state index contributed by atoms with van der Waals surface area (Å²) in [6, 6.07) is 9.42. The fourth-order valence-electron chi connectivity index (χ4n) is 7.96. The predicted octanol–water partition coefficient (Wildman–Crippen LogP) is 5.82. The predicted molar refractivity (Wildman–Crippen MR) is 112 cm³/mol. The summed E-state index contributed by atoms with van der Waals surface area (Å²) in [5.41, 5.74) is 1.11. The van der Waals surface area contributed by atoms with Gasteiger partial charge < -0.3 is 4.74 Å². The Morgan fingerprint density at radius 2 is 1.69 bits per heavy atom. The number of hydrogen-bond donors (Lipinski definition) is 0. The minimum Gasteiger partial charge on any atom is -0.458 e. The number of rotatable bonds is 2. The number of carbonyl (C=O) groups excluding carboxylic acids is 2. The molecule has 0 aliphatic heterocycles. The van der Waals surface area contributed by atoms with Gasteiger partial charge in [-0.25, -0.2) is 4.79 Å². The number of Topliss-reactive ketones (excluding diaryl/α,β-unsaturated/α-hetero) is 1. The molecule has 0 unspecified atom stereocenters. The van der Waals surface area contributed by atoms with E-state index in [0.717, 1.165) is 43.9 Å². The lowest BCUT2D eigenvalue weighted by Crippen LogP contribution is -2.54. The van der Waals surface area contributed by atoms with Crippen LogP contribution in [0.25, 0.3) is 0 Å². The average molecular weight is 395 g/mol. The fourth-order valence-corrected chi connectivity index (χ4v) is 7.96. The third-order valence-electron chi connectivity index (χ3n) is 9.65. The molecule has 0 bridgehead atoms. The van der Waals surface area contributed by atoms with Crippen LogP contribution in [0.1, 0.15) is 82.0 Å². The molecule has 0 radical (unpaired) electrons. The van der Waals surface area contributed by atoms with E-state index in [1.807, 2.05) is 30.3 Å². The molecule has 0 saturated heterocycles. The molecule has 3 nitrogen and oxygen atoms in total. The van der Waals surface area contributed by atoms with Crippen LogP contribution in [0, 0.1) is 34.5 Å². The summed E-state index contributed by atoms with van der Waals surface area (Å²) in [4.78, 5) is 24.8. The second-order valence-electron chi connectivity index (χ2n) is 10.8. The summed E-state index contributed by atoms with van der Waals surface area (Å²) >= 11 is 0. The molecule has 7 atom stereocenters. The minimum atomic E-state index is -0.166. The van der Waals surface area contributed by atoms with E-state index < -0.39 is 0 Å². The van der Waals surface area contributed by atoms with Gasteiger partial charge >= 0.3 is 5.97 Å². The highest BCUT2D eigenvalue weighted by Crippen LogP contribution is 2.66. The van der Waals surface area contributed by atoms with Crippen LogP contribution in [-0.4, -0.2) is 17.9 Å². The zero-order valence-corrected chi connectivity index (χ0v) is 17.9. The first-order valence-electron chi connectivity index (χ1n) is 11.7. The van der Waals surface area contributed by atoms with Crippen LogP contribution >= 0.6 is 0 Å². The van der Waals surface area contributed by atoms with E-state index in [1.54, 1.807) is 0 Å². The normalized spacial score (nSPS) is 43.8. The Kier molecular flexibility index (Phi) is 4.64. The van der Waals surface area contributed by atoms with Crippen LogP contribution in [-0.2, 0) is 9.53 Å². The molecule has 156 valence electrons. The maximum Gasteiger partial charge on any atom is 0.338 e. The molecule has 5 rings (SSSR count). The van der Waals surface area contributed by atoms with Crippen molar-refractivity contribution >= 4 is 11.8 Å². The Morgan fingerprint density at radius 1 is 0.931 bits per heavy atom. The smallest absolute Gasteiger partial charge is 0.338 e. The van der Waals surface area contributed by atoms with Gasteiger partial charge in [0.1, 0.15) is 11.9 Å². The highest BCUT2D eigenvalue weighted by Gasteiger charge is 2.61. The molecule has 0 heterocycles. The number of carbonyl (C=O) groups is 2. The van der Waals surface area contributed by atoms with E-state index in [9.17, 15) is 9.59 Å². The van der Waals surface area contributed by atoms with Crippen molar-refractivity contribution in [2.75, 3.05) is 0 Å². The van der Waals surface area contributed by atoms with Gasteiger partial charge in [0.25, 0.3) is 0 Å². The summed E-state index contributed by atoms with van der Waals surface area (Å²) in [7, 11) is 0. The number of ether oxygens (including phenoxy) is 1. The first kappa shape index (κ1) is 19.3. The lowest BCUT2D eigenvalue weighted by molar-refractivity contribution is -0.142. The Hall–Kier alpha value is -1.64. The Balaban J connectivity index is 1.34. The summed E-state index contributed by atoms with van der Waals surface area (Å²) < 4.78 is 6.11. The number of esters is 1. The molecular weight excluding hydrogens is 360 g/mol. The zero-order chi connectivity index (χ0) is 20.2. The second kappa shape index (κ2) is 6.96. The third-order valence-corrected chi connectivity index (χ3v) is 9.65. The summed E-state index contributed by atoms with van der Waals surface area (Å²) in [6.07, 6.45) is 9.79. The van der Waals surface area contributed by atoms with E-state index in [0.29, 0.717) is 28.6 Å². The van der Waals surface area contributed by atoms with Gasteiger partial charge in [-0.05, 0) is 86.2 Å². The highest BCUT2D eigenvalue weighted by molar-refractivity contribution is 5.89. The van der Waals surface area contributed by atoms with Crippen LogP contribution in [0.3, 0.4) is 0 Å². The molecule has 3 heteroatoms. The first-order valence-corrected chi connectivity index (χ1v) is 11.7. The summed E-state index contributed by atoms with van der Waals surface area (Å²) in [5.74, 6) is 3.06. The molecule has 4 aliphatic rings. The Morgan fingerprint density at radius 3 is 2.48 bits per heavy atom. The zero-order valence-electron chi connectivity index (χ0n) is 17.9. The molecule has 4 aliphatic carbocycles. The van der Waals surface area contributed by atoms with Crippen LogP contribution < -0.4 is 0 Å². The van der Waals surface area contributed by atoms with Gasteiger partial charge in [-0.15, -0.1) is 0 Å². The van der Waals surface area contributed by atoms with Gasteiger partial charge in [0.15, 0.2) is 0 Å². The molecule has 0 N–H and O–H groups in total. The van der Waals surface area contributed by atoms with E-state index in [1.165, 1.54) is 25.7 Å². The molecule has 4 saturated carbocycles. The number of fused-ring (bicyclic) bond motifs is 5. The quantitative estimate of drug-likeness (QED) is 0.593. The number of ketones is 1. The lowest BCUT2D eigenvalue weighted by Gasteiger charge is -2.60. The van der Waals surface area contributed by atoms with Gasteiger partial charge in [-0.2, -0.15) is 0 Å². The largest absolute Gasteiger partial charge is 0.458 e. The fraction of sp³-hybridized carbons (Fsp3) is 0.692. The van der Waals surface area contributed by atoms with Gasteiger partial charge in [0, 0.05) is 18.3 Å². The number of hydrogen-bond acceptors (Lipinski definition) is 3. The molecule has 0 aromatic heterocycles. The Bertz CT molecular complexity index is 801. The van der Waals surface area contributed by atoms with Crippen molar-refractivity contribution in [2.45, 2.75) is 77.7 Å². The average Bonchev–Trinajstić information content (AvgIpc) is 3.05. The topological polar surface area (TPSA) is 43.4 Å². The van der Waals surface area contributed by atoms with Gasteiger partial charge in [-0.3, -0.25) is 4.79 Å². The molecule has 4 fully saturated rings. The monoisotopic (exact) mass is 394 g/mol. The van der Waals surface area contributed by atoms with E-state index in [4.69, 9.17) is 4.74 Å². The van der Waals surface area contributed by atoms with Gasteiger partial charge in [0.2, 0.25) is 0 Å². The SMILES string of the molecule is C[C@]12CCC(=O)C[C@@H]1CC[C@@H]1[C@H]3CC[C@H](OC(=O)c4ccccc4)[C@@]3(C)CC[C@@H]12. The maximum absolute atomic E-state index is 12.7. The highest BCUT2D eigenvalue weighted by atomic mass is 16.5. The van der Waals surface area contributed by atoms with Crippen molar-refractivity contribution in [1.29, 1.82) is 0 Å². The van der Waals surface area contributed by atoms with Crippen LogP contribution in [0.4, 0.5) is 0 Å². The van der Waals surface area contributed by atoms with E-state index >= 15 is 0 Å². The van der Waals surface area contributed by atoms with Crippen molar-refractivity contribution in [2.24, 2.45) is 34.5 Å². The third kappa shape index (κ3) is 2.99. The standard InChI is InChI=1S/C26H34O3/c1-25-14-12-19(27)16-18(25)8-9-20-21-10-11-23(26(21,2)15-13-22(20)25)29-24(28)17-6-4-3-5-7-17/h3-7,18,20-23H,8-16H2,1-2H3/t18-,20+,21+,22-,23-,25-,26-/m0/s1. The molecular formula is C26H34O3. The van der Waals surface area contributed by atoms with E-state index in [-0.39, 0.29) is 17.5 Å². The Labute approximate surface area is 174 Å². The number of benzene rings is 1. The molecule has 0 spiro atoms. The van der Waals surface area contributed by atoms with Crippen molar-refractivity contribution in [1.82, 2.24) is 0 Å². The van der Waals surface area contributed by atoms with Crippen molar-refractivity contribution in [3.8, 4) is 0 Å². The first-order chi connectivity index (χ1) is 13.9. The van der Waals surface area contributed by atoms with Crippen LogP contribution in [0.15, 0.2) is 30.3 Å². The summed E-state index contributed by atoms with van der Waals surface area (Å²) in [5, 5.41) is 0. The second-order valence-corrected chi connectivity index (χ2v) is 10.8. The van der Waals surface area contributed by atoms with Gasteiger partial charge in [0.05, 0.1) is 5.56 Å². The molecule has 1 aromatic carbocycles. The van der Waals surface area contributed by atoms with Crippen LogP contribution in [0.2, 0.25) is 0 Å². The molecule has 1 aromatic rings. The van der Waals surface area contributed by atoms with Crippen LogP contribution in [0.5, 0.6) is 0 Å². The van der Waals surface area contributed by atoms with E-state index in [2.05, 4.69) is 13.8 Å². The van der Waals surface area contributed by atoms with Gasteiger partial charge in [-0.1, -0.05) is 32.0 Å². The minimum absolute atomic E-state index is 0.0413. The maximum atomic E-state index is 12.7. The van der Waals surface area contributed by atoms with Crippen molar-refractivity contribution < 1.29 is 14.3 Å². The summed E-state index contributed by atoms with van der Waals surface area (Å²) in [6.45, 7) is 4.88. The van der Waals surface area contributed by atoms with Crippen molar-refractivity contribution in [3.05, 3.63) is 35.9 Å². The molecule has 29 heavy (non-hydrogen) atoms.